The number of rotatable bonds is 4. The molecule has 1 aromatic heterocycles. The Balaban J connectivity index is 2.78. The Morgan fingerprint density at radius 2 is 2.58 bits per heavy atom. The van der Waals surface area contributed by atoms with Crippen molar-refractivity contribution in [1.29, 1.82) is 0 Å². The lowest BCUT2D eigenvalue weighted by molar-refractivity contribution is 0.564. The molecule has 1 rings (SSSR count). The van der Waals surface area contributed by atoms with E-state index in [2.05, 4.69) is 16.9 Å². The van der Waals surface area contributed by atoms with Crippen LogP contribution in [0.1, 0.15) is 18.2 Å². The fraction of sp³-hybridized carbons (Fsp3) is 0.444. The summed E-state index contributed by atoms with van der Waals surface area (Å²) in [5.74, 6) is 0. The SMILES string of the molecule is C=CCC(NC)c1cncn1C. The molecule has 3 heteroatoms. The van der Waals surface area contributed by atoms with E-state index < -0.39 is 0 Å². The zero-order valence-electron chi connectivity index (χ0n) is 7.62. The number of aryl methyl sites for hydroxylation is 1. The van der Waals surface area contributed by atoms with E-state index in [1.807, 2.05) is 37.3 Å². The molecule has 0 aliphatic carbocycles. The Labute approximate surface area is 73.1 Å². The molecule has 3 nitrogen and oxygen atoms in total. The fourth-order valence-electron chi connectivity index (χ4n) is 1.26. The first-order valence-corrected chi connectivity index (χ1v) is 4.04. The van der Waals surface area contributed by atoms with Crippen LogP contribution < -0.4 is 5.32 Å². The number of imidazole rings is 1. The van der Waals surface area contributed by atoms with E-state index in [0.717, 1.165) is 6.42 Å². The molecule has 1 unspecified atom stereocenters. The lowest BCUT2D eigenvalue weighted by Crippen LogP contribution is -2.18. The van der Waals surface area contributed by atoms with Gasteiger partial charge >= 0.3 is 0 Å². The molecule has 0 aliphatic heterocycles. The van der Waals surface area contributed by atoms with E-state index in [1.165, 1.54) is 5.69 Å². The van der Waals surface area contributed by atoms with Crippen molar-refractivity contribution in [2.45, 2.75) is 12.5 Å². The van der Waals surface area contributed by atoms with Crippen LogP contribution in [0.5, 0.6) is 0 Å². The summed E-state index contributed by atoms with van der Waals surface area (Å²) in [5, 5.41) is 3.21. The summed E-state index contributed by atoms with van der Waals surface area (Å²) in [6, 6.07) is 0.329. The molecule has 0 amide bonds. The first-order chi connectivity index (χ1) is 5.79. The van der Waals surface area contributed by atoms with Crippen molar-refractivity contribution in [2.24, 2.45) is 7.05 Å². The molecule has 1 aromatic rings. The Bertz CT molecular complexity index is 252. The summed E-state index contributed by atoms with van der Waals surface area (Å²) in [6.45, 7) is 3.72. The molecular weight excluding hydrogens is 150 g/mol. The van der Waals surface area contributed by atoms with E-state index in [9.17, 15) is 0 Å². The van der Waals surface area contributed by atoms with Crippen LogP contribution in [0, 0.1) is 0 Å². The van der Waals surface area contributed by atoms with Gasteiger partial charge in [0.25, 0.3) is 0 Å². The van der Waals surface area contributed by atoms with Crippen LogP contribution in [-0.2, 0) is 7.05 Å². The summed E-state index contributed by atoms with van der Waals surface area (Å²) in [4.78, 5) is 4.06. The van der Waals surface area contributed by atoms with E-state index in [4.69, 9.17) is 0 Å². The van der Waals surface area contributed by atoms with Crippen LogP contribution in [0.25, 0.3) is 0 Å². The van der Waals surface area contributed by atoms with E-state index in [0.29, 0.717) is 6.04 Å². The molecule has 0 spiro atoms. The molecule has 1 N–H and O–H groups in total. The molecule has 0 bridgehead atoms. The number of hydrogen-bond acceptors (Lipinski definition) is 2. The van der Waals surface area contributed by atoms with Gasteiger partial charge in [0.05, 0.1) is 18.1 Å². The number of nitrogens with zero attached hydrogens (tertiary/aromatic N) is 2. The minimum Gasteiger partial charge on any atom is -0.336 e. The zero-order chi connectivity index (χ0) is 8.97. The first-order valence-electron chi connectivity index (χ1n) is 4.04. The molecule has 1 heterocycles. The zero-order valence-corrected chi connectivity index (χ0v) is 7.62. The predicted molar refractivity (Wildman–Crippen MR) is 49.8 cm³/mol. The van der Waals surface area contributed by atoms with Crippen LogP contribution in [0.2, 0.25) is 0 Å². The molecular formula is C9H15N3. The highest BCUT2D eigenvalue weighted by atomic mass is 15.1. The quantitative estimate of drug-likeness (QED) is 0.681. The van der Waals surface area contributed by atoms with E-state index >= 15 is 0 Å². The summed E-state index contributed by atoms with van der Waals surface area (Å²) < 4.78 is 2.02. The van der Waals surface area contributed by atoms with Gasteiger partial charge in [0.15, 0.2) is 0 Å². The van der Waals surface area contributed by atoms with Gasteiger partial charge in [-0.3, -0.25) is 0 Å². The maximum atomic E-state index is 4.06. The third kappa shape index (κ3) is 1.74. The maximum absolute atomic E-state index is 4.06. The van der Waals surface area contributed by atoms with Crippen LogP contribution in [0.4, 0.5) is 0 Å². The van der Waals surface area contributed by atoms with Gasteiger partial charge in [-0.15, -0.1) is 6.58 Å². The Hall–Kier alpha value is -1.09. The minimum atomic E-state index is 0.329. The summed E-state index contributed by atoms with van der Waals surface area (Å²) >= 11 is 0. The highest BCUT2D eigenvalue weighted by Gasteiger charge is 2.09. The van der Waals surface area contributed by atoms with Crippen molar-refractivity contribution in [3.8, 4) is 0 Å². The molecule has 0 saturated heterocycles. The van der Waals surface area contributed by atoms with Crippen molar-refractivity contribution in [3.63, 3.8) is 0 Å². The predicted octanol–water partition coefficient (Wildman–Crippen LogP) is 1.26. The highest BCUT2D eigenvalue weighted by molar-refractivity contribution is 5.06. The number of aromatic nitrogens is 2. The number of nitrogens with one attached hydrogen (secondary N) is 1. The second-order valence-corrected chi connectivity index (χ2v) is 2.80. The monoisotopic (exact) mass is 165 g/mol. The molecule has 0 radical (unpaired) electrons. The van der Waals surface area contributed by atoms with E-state index in [1.54, 1.807) is 0 Å². The van der Waals surface area contributed by atoms with Crippen molar-refractivity contribution < 1.29 is 0 Å². The lowest BCUT2D eigenvalue weighted by atomic mass is 10.1. The van der Waals surface area contributed by atoms with Crippen LogP contribution >= 0.6 is 0 Å². The van der Waals surface area contributed by atoms with Crippen molar-refractivity contribution in [1.82, 2.24) is 14.9 Å². The van der Waals surface area contributed by atoms with Gasteiger partial charge in [0.2, 0.25) is 0 Å². The Morgan fingerprint density at radius 1 is 1.83 bits per heavy atom. The molecule has 0 aromatic carbocycles. The smallest absolute Gasteiger partial charge is 0.0946 e. The van der Waals surface area contributed by atoms with Crippen molar-refractivity contribution in [2.75, 3.05) is 7.05 Å². The van der Waals surface area contributed by atoms with Gasteiger partial charge in [-0.25, -0.2) is 4.98 Å². The van der Waals surface area contributed by atoms with Gasteiger partial charge in [0.1, 0.15) is 0 Å². The number of hydrogen-bond donors (Lipinski definition) is 1. The highest BCUT2D eigenvalue weighted by Crippen LogP contribution is 2.14. The third-order valence-corrected chi connectivity index (χ3v) is 1.96. The van der Waals surface area contributed by atoms with Crippen molar-refractivity contribution >= 4 is 0 Å². The van der Waals surface area contributed by atoms with Gasteiger partial charge in [-0.05, 0) is 13.5 Å². The molecule has 1 atom stereocenters. The summed E-state index contributed by atoms with van der Waals surface area (Å²) in [7, 11) is 3.94. The van der Waals surface area contributed by atoms with Crippen molar-refractivity contribution in [3.05, 3.63) is 30.9 Å². The molecule has 12 heavy (non-hydrogen) atoms. The fourth-order valence-corrected chi connectivity index (χ4v) is 1.26. The molecule has 0 aliphatic rings. The lowest BCUT2D eigenvalue weighted by Gasteiger charge is -2.13. The normalized spacial score (nSPS) is 12.8. The average Bonchev–Trinajstić information content (AvgIpc) is 2.47. The largest absolute Gasteiger partial charge is 0.336 e. The Kier molecular flexibility index (Phi) is 3.05. The van der Waals surface area contributed by atoms with Gasteiger partial charge < -0.3 is 9.88 Å². The second-order valence-electron chi connectivity index (χ2n) is 2.80. The van der Waals surface area contributed by atoms with Gasteiger partial charge in [0, 0.05) is 13.2 Å². The summed E-state index contributed by atoms with van der Waals surface area (Å²) in [5.41, 5.74) is 1.19. The molecule has 66 valence electrons. The molecule has 0 saturated carbocycles. The van der Waals surface area contributed by atoms with Crippen LogP contribution in [0.15, 0.2) is 25.2 Å². The standard InChI is InChI=1S/C9H15N3/c1-4-5-8(10-2)9-6-11-7-12(9)3/h4,6-8,10H,1,5H2,2-3H3. The first kappa shape index (κ1) is 9.00. The van der Waals surface area contributed by atoms with Crippen LogP contribution in [-0.4, -0.2) is 16.6 Å². The van der Waals surface area contributed by atoms with E-state index in [-0.39, 0.29) is 0 Å². The van der Waals surface area contributed by atoms with Gasteiger partial charge in [-0.2, -0.15) is 0 Å². The maximum Gasteiger partial charge on any atom is 0.0946 e. The second kappa shape index (κ2) is 4.07. The summed E-state index contributed by atoms with van der Waals surface area (Å²) in [6.07, 6.45) is 6.53. The van der Waals surface area contributed by atoms with Crippen LogP contribution in [0.3, 0.4) is 0 Å². The topological polar surface area (TPSA) is 29.9 Å². The minimum absolute atomic E-state index is 0.329. The average molecular weight is 165 g/mol. The third-order valence-electron chi connectivity index (χ3n) is 1.96. The van der Waals surface area contributed by atoms with Gasteiger partial charge in [-0.1, -0.05) is 6.08 Å². The Morgan fingerprint density at radius 3 is 3.00 bits per heavy atom. The molecule has 0 fully saturated rings.